The van der Waals surface area contributed by atoms with Gasteiger partial charge in [-0.05, 0) is 42.5 Å². The first kappa shape index (κ1) is 18.3. The maximum Gasteiger partial charge on any atom is 0.256 e. The summed E-state index contributed by atoms with van der Waals surface area (Å²) in [6, 6.07) is 16.1. The van der Waals surface area contributed by atoms with Gasteiger partial charge in [0.05, 0.1) is 17.5 Å². The minimum atomic E-state index is -0.0799. The van der Waals surface area contributed by atoms with Crippen molar-refractivity contribution in [1.82, 2.24) is 9.97 Å². The molecule has 1 heterocycles. The molecule has 0 bridgehead atoms. The maximum atomic E-state index is 13.1. The molecular formula is C23H21BrN4O. The molecule has 1 fully saturated rings. The van der Waals surface area contributed by atoms with Gasteiger partial charge in [-0.2, -0.15) is 5.10 Å². The van der Waals surface area contributed by atoms with Gasteiger partial charge in [0.15, 0.2) is 0 Å². The number of hydrogen-bond acceptors (Lipinski definition) is 4. The Morgan fingerprint density at radius 2 is 1.86 bits per heavy atom. The van der Waals surface area contributed by atoms with E-state index >= 15 is 0 Å². The molecule has 29 heavy (non-hydrogen) atoms. The monoisotopic (exact) mass is 448 g/mol. The number of halogens is 1. The highest BCUT2D eigenvalue weighted by molar-refractivity contribution is 9.10. The fraction of sp³-hybridized carbons (Fsp3) is 0.261. The zero-order valence-electron chi connectivity index (χ0n) is 15.9. The van der Waals surface area contributed by atoms with E-state index in [2.05, 4.69) is 49.6 Å². The number of rotatable bonds is 3. The molecule has 0 amide bonds. The average Bonchev–Trinajstić information content (AvgIpc) is 3.18. The molecule has 5 rings (SSSR count). The first-order valence-corrected chi connectivity index (χ1v) is 10.7. The van der Waals surface area contributed by atoms with Gasteiger partial charge in [0.25, 0.3) is 5.56 Å². The zero-order valence-corrected chi connectivity index (χ0v) is 17.5. The summed E-state index contributed by atoms with van der Waals surface area (Å²) in [5.41, 5.74) is 7.73. The van der Waals surface area contributed by atoms with Crippen molar-refractivity contribution in [2.24, 2.45) is 5.10 Å². The molecule has 6 heteroatoms. The molecule has 5 nitrogen and oxygen atoms in total. The summed E-state index contributed by atoms with van der Waals surface area (Å²) in [4.78, 5) is 20.8. The lowest BCUT2D eigenvalue weighted by atomic mass is 9.68. The Morgan fingerprint density at radius 1 is 1.10 bits per heavy atom. The van der Waals surface area contributed by atoms with Crippen LogP contribution in [0, 0.1) is 0 Å². The Bertz CT molecular complexity index is 1140. The van der Waals surface area contributed by atoms with E-state index in [4.69, 9.17) is 4.98 Å². The van der Waals surface area contributed by atoms with Gasteiger partial charge in [0.2, 0.25) is 5.95 Å². The van der Waals surface area contributed by atoms with Crippen molar-refractivity contribution in [2.75, 3.05) is 5.43 Å². The SMILES string of the molecule is O=c1[nH]c(NN=Cc2ccc(Br)cc2)nc2c1C1(CCCC1)Cc1ccccc1-2. The van der Waals surface area contributed by atoms with Gasteiger partial charge < -0.3 is 0 Å². The Balaban J connectivity index is 1.53. The molecule has 2 aliphatic carbocycles. The smallest absolute Gasteiger partial charge is 0.256 e. The number of nitrogens with zero attached hydrogens (tertiary/aromatic N) is 2. The third-order valence-corrected chi connectivity index (χ3v) is 6.59. The zero-order chi connectivity index (χ0) is 19.8. The van der Waals surface area contributed by atoms with E-state index in [0.717, 1.165) is 46.1 Å². The maximum absolute atomic E-state index is 13.1. The second-order valence-corrected chi connectivity index (χ2v) is 8.80. The molecule has 2 N–H and O–H groups in total. The number of hydrazone groups is 1. The molecule has 0 radical (unpaired) electrons. The molecule has 0 aliphatic heterocycles. The standard InChI is InChI=1S/C23H21BrN4O/c24-17-9-7-15(8-10-17)14-25-28-22-26-20-18-6-2-1-5-16(18)13-23(11-3-4-12-23)19(20)21(29)27-22/h1-2,5-10,14H,3-4,11-13H2,(H2,26,27,28,29). The van der Waals surface area contributed by atoms with Crippen LogP contribution in [-0.4, -0.2) is 16.2 Å². The average molecular weight is 449 g/mol. The Labute approximate surface area is 177 Å². The molecule has 146 valence electrons. The van der Waals surface area contributed by atoms with E-state index < -0.39 is 0 Å². The Hall–Kier alpha value is -2.73. The second kappa shape index (κ2) is 7.26. The minimum Gasteiger partial charge on any atom is -0.291 e. The predicted molar refractivity (Wildman–Crippen MR) is 120 cm³/mol. The highest BCUT2D eigenvalue weighted by Crippen LogP contribution is 2.49. The molecule has 1 saturated carbocycles. The molecule has 1 spiro atoms. The lowest BCUT2D eigenvalue weighted by Crippen LogP contribution is -2.37. The summed E-state index contributed by atoms with van der Waals surface area (Å²) < 4.78 is 1.02. The summed E-state index contributed by atoms with van der Waals surface area (Å²) in [6.45, 7) is 0. The molecule has 0 saturated heterocycles. The largest absolute Gasteiger partial charge is 0.291 e. The Morgan fingerprint density at radius 3 is 2.66 bits per heavy atom. The van der Waals surface area contributed by atoms with Crippen molar-refractivity contribution in [3.63, 3.8) is 0 Å². The number of fused-ring (bicyclic) bond motifs is 4. The quantitative estimate of drug-likeness (QED) is 0.436. The topological polar surface area (TPSA) is 70.1 Å². The van der Waals surface area contributed by atoms with Gasteiger partial charge >= 0.3 is 0 Å². The van der Waals surface area contributed by atoms with Crippen LogP contribution in [0.2, 0.25) is 0 Å². The van der Waals surface area contributed by atoms with Crippen LogP contribution in [0.3, 0.4) is 0 Å². The number of hydrogen-bond donors (Lipinski definition) is 2. The van der Waals surface area contributed by atoms with Crippen LogP contribution in [0.15, 0.2) is 62.9 Å². The van der Waals surface area contributed by atoms with Crippen molar-refractivity contribution < 1.29 is 0 Å². The normalized spacial score (nSPS) is 16.7. The van der Waals surface area contributed by atoms with Crippen molar-refractivity contribution in [3.8, 4) is 11.3 Å². The number of aromatic nitrogens is 2. The minimum absolute atomic E-state index is 0.0484. The Kier molecular flexibility index (Phi) is 4.59. The molecule has 2 aromatic carbocycles. The molecule has 0 unspecified atom stereocenters. The lowest BCUT2D eigenvalue weighted by molar-refractivity contribution is 0.427. The predicted octanol–water partition coefficient (Wildman–Crippen LogP) is 5.01. The molecule has 1 aromatic heterocycles. The van der Waals surface area contributed by atoms with Crippen LogP contribution in [0.5, 0.6) is 0 Å². The number of benzene rings is 2. The first-order chi connectivity index (χ1) is 14.1. The highest BCUT2D eigenvalue weighted by Gasteiger charge is 2.43. The van der Waals surface area contributed by atoms with Crippen molar-refractivity contribution >= 4 is 28.1 Å². The van der Waals surface area contributed by atoms with E-state index in [1.165, 1.54) is 18.4 Å². The van der Waals surface area contributed by atoms with Crippen LogP contribution in [0.4, 0.5) is 5.95 Å². The molecule has 2 aliphatic rings. The summed E-state index contributed by atoms with van der Waals surface area (Å²) in [7, 11) is 0. The van der Waals surface area contributed by atoms with Gasteiger partial charge in [-0.15, -0.1) is 0 Å². The summed E-state index contributed by atoms with van der Waals surface area (Å²) in [5, 5.41) is 4.25. The fourth-order valence-electron chi connectivity index (χ4n) is 4.77. The van der Waals surface area contributed by atoms with Gasteiger partial charge in [0, 0.05) is 15.5 Å². The number of anilines is 1. The van der Waals surface area contributed by atoms with E-state index in [-0.39, 0.29) is 11.0 Å². The van der Waals surface area contributed by atoms with Crippen LogP contribution in [0.1, 0.15) is 42.4 Å². The van der Waals surface area contributed by atoms with Crippen molar-refractivity contribution in [2.45, 2.75) is 37.5 Å². The summed E-state index contributed by atoms with van der Waals surface area (Å²) in [6.07, 6.45) is 7.06. The van der Waals surface area contributed by atoms with Crippen LogP contribution >= 0.6 is 15.9 Å². The van der Waals surface area contributed by atoms with Gasteiger partial charge in [-0.1, -0.05) is 65.2 Å². The summed E-state index contributed by atoms with van der Waals surface area (Å²) in [5.74, 6) is 0.368. The molecular weight excluding hydrogens is 428 g/mol. The van der Waals surface area contributed by atoms with Crippen molar-refractivity contribution in [1.29, 1.82) is 0 Å². The van der Waals surface area contributed by atoms with E-state index in [9.17, 15) is 4.79 Å². The third kappa shape index (κ3) is 3.31. The van der Waals surface area contributed by atoms with Gasteiger partial charge in [-0.3, -0.25) is 9.78 Å². The number of H-pyrrole nitrogens is 1. The van der Waals surface area contributed by atoms with Crippen LogP contribution < -0.4 is 11.0 Å². The fourth-order valence-corrected chi connectivity index (χ4v) is 5.03. The number of aromatic amines is 1. The molecule has 0 atom stereocenters. The molecule has 3 aromatic rings. The van der Waals surface area contributed by atoms with Crippen molar-refractivity contribution in [3.05, 3.63) is 80.0 Å². The second-order valence-electron chi connectivity index (χ2n) is 7.88. The van der Waals surface area contributed by atoms with Crippen LogP contribution in [-0.2, 0) is 11.8 Å². The first-order valence-electron chi connectivity index (χ1n) is 9.92. The number of nitrogens with one attached hydrogen (secondary N) is 2. The third-order valence-electron chi connectivity index (χ3n) is 6.07. The van der Waals surface area contributed by atoms with Gasteiger partial charge in [0.1, 0.15) is 0 Å². The van der Waals surface area contributed by atoms with E-state index in [1.807, 2.05) is 30.3 Å². The van der Waals surface area contributed by atoms with E-state index in [0.29, 0.717) is 5.95 Å². The lowest BCUT2D eigenvalue weighted by Gasteiger charge is -2.35. The van der Waals surface area contributed by atoms with Gasteiger partial charge in [-0.25, -0.2) is 10.4 Å². The van der Waals surface area contributed by atoms with Crippen LogP contribution in [0.25, 0.3) is 11.3 Å². The summed E-state index contributed by atoms with van der Waals surface area (Å²) >= 11 is 3.42. The highest BCUT2D eigenvalue weighted by atomic mass is 79.9. The van der Waals surface area contributed by atoms with E-state index in [1.54, 1.807) is 6.21 Å².